The molecule has 2 aromatic rings. The molecule has 0 radical (unpaired) electrons. The summed E-state index contributed by atoms with van der Waals surface area (Å²) in [6.07, 6.45) is 0.659. The average molecular weight is 520 g/mol. The van der Waals surface area contributed by atoms with Gasteiger partial charge in [0, 0.05) is 49.6 Å². The zero-order chi connectivity index (χ0) is 27.4. The second-order valence-electron chi connectivity index (χ2n) is 9.99. The van der Waals surface area contributed by atoms with Gasteiger partial charge in [0.25, 0.3) is 5.69 Å². The summed E-state index contributed by atoms with van der Waals surface area (Å²) in [5.74, 6) is -2.04. The molecule has 0 spiro atoms. The number of rotatable bonds is 8. The first-order chi connectivity index (χ1) is 18.1. The van der Waals surface area contributed by atoms with E-state index in [2.05, 4.69) is 22.3 Å². The third-order valence-electron chi connectivity index (χ3n) is 6.99. The van der Waals surface area contributed by atoms with E-state index in [4.69, 9.17) is 9.47 Å². The molecule has 0 saturated carbocycles. The molecule has 4 rings (SSSR count). The molecule has 2 aliphatic rings. The number of likely N-dealkylation sites (tertiary alicyclic amines) is 1. The molecule has 2 aliphatic heterocycles. The summed E-state index contributed by atoms with van der Waals surface area (Å²) in [6.45, 7) is 9.32. The number of nitro groups is 1. The van der Waals surface area contributed by atoms with Crippen molar-refractivity contribution in [2.75, 3.05) is 19.7 Å². The Morgan fingerprint density at radius 1 is 1.08 bits per heavy atom. The van der Waals surface area contributed by atoms with Gasteiger partial charge in [-0.1, -0.05) is 42.5 Å². The Balaban J connectivity index is 1.64. The number of esters is 2. The van der Waals surface area contributed by atoms with Gasteiger partial charge in [-0.2, -0.15) is 0 Å². The minimum atomic E-state index is -0.881. The fraction of sp³-hybridized carbons (Fsp3) is 0.379. The Morgan fingerprint density at radius 3 is 2.42 bits per heavy atom. The average Bonchev–Trinajstić information content (AvgIpc) is 3.23. The predicted octanol–water partition coefficient (Wildman–Crippen LogP) is 4.60. The van der Waals surface area contributed by atoms with Crippen molar-refractivity contribution in [2.45, 2.75) is 52.2 Å². The highest BCUT2D eigenvalue weighted by Crippen LogP contribution is 2.41. The van der Waals surface area contributed by atoms with Crippen LogP contribution in [0.4, 0.5) is 5.69 Å². The highest BCUT2D eigenvalue weighted by Gasteiger charge is 2.43. The molecular formula is C29H33N3O6. The number of carbonyl (C=O) groups is 2. The van der Waals surface area contributed by atoms with E-state index < -0.39 is 28.4 Å². The normalized spacial score (nSPS) is 21.7. The van der Waals surface area contributed by atoms with Crippen LogP contribution in [0.25, 0.3) is 0 Å². The number of nitrogens with zero attached hydrogens (tertiary/aromatic N) is 2. The lowest BCUT2D eigenvalue weighted by Gasteiger charge is -2.33. The van der Waals surface area contributed by atoms with Crippen molar-refractivity contribution in [1.82, 2.24) is 10.2 Å². The minimum Gasteiger partial charge on any atom is -0.463 e. The number of hydrogen-bond donors (Lipinski definition) is 1. The van der Waals surface area contributed by atoms with Crippen LogP contribution in [-0.2, 0) is 25.6 Å². The van der Waals surface area contributed by atoms with Crippen molar-refractivity contribution in [1.29, 1.82) is 0 Å². The van der Waals surface area contributed by atoms with E-state index in [1.54, 1.807) is 32.9 Å². The van der Waals surface area contributed by atoms with Gasteiger partial charge in [0.2, 0.25) is 0 Å². The maximum atomic E-state index is 13.8. The van der Waals surface area contributed by atoms with Gasteiger partial charge in [-0.05, 0) is 38.8 Å². The lowest BCUT2D eigenvalue weighted by molar-refractivity contribution is -0.384. The van der Waals surface area contributed by atoms with Crippen molar-refractivity contribution in [3.05, 3.63) is 98.4 Å². The molecule has 2 atom stereocenters. The molecule has 38 heavy (non-hydrogen) atoms. The van der Waals surface area contributed by atoms with Gasteiger partial charge in [-0.3, -0.25) is 15.0 Å². The van der Waals surface area contributed by atoms with Gasteiger partial charge < -0.3 is 14.8 Å². The predicted molar refractivity (Wildman–Crippen MR) is 142 cm³/mol. The van der Waals surface area contributed by atoms with Crippen LogP contribution in [0, 0.1) is 10.1 Å². The first kappa shape index (κ1) is 27.1. The Bertz CT molecular complexity index is 1300. The van der Waals surface area contributed by atoms with Crippen LogP contribution in [0.3, 0.4) is 0 Å². The molecule has 0 amide bonds. The van der Waals surface area contributed by atoms with E-state index in [1.165, 1.54) is 17.7 Å². The summed E-state index contributed by atoms with van der Waals surface area (Å²) in [4.78, 5) is 40.2. The first-order valence-corrected chi connectivity index (χ1v) is 12.7. The maximum Gasteiger partial charge on any atom is 0.337 e. The van der Waals surface area contributed by atoms with Crippen LogP contribution < -0.4 is 5.32 Å². The zero-order valence-corrected chi connectivity index (χ0v) is 22.2. The van der Waals surface area contributed by atoms with Crippen molar-refractivity contribution in [2.24, 2.45) is 0 Å². The Labute approximate surface area is 222 Å². The van der Waals surface area contributed by atoms with Crippen molar-refractivity contribution < 1.29 is 24.0 Å². The summed E-state index contributed by atoms with van der Waals surface area (Å²) < 4.78 is 11.5. The number of ether oxygens (including phenoxy) is 2. The number of non-ortho nitro benzene ring substituents is 1. The van der Waals surface area contributed by atoms with Crippen LogP contribution in [0.1, 0.15) is 51.2 Å². The number of benzene rings is 2. The molecule has 9 nitrogen and oxygen atoms in total. The van der Waals surface area contributed by atoms with Crippen LogP contribution in [0.15, 0.2) is 77.1 Å². The molecule has 1 N–H and O–H groups in total. The van der Waals surface area contributed by atoms with Crippen LogP contribution >= 0.6 is 0 Å². The van der Waals surface area contributed by atoms with E-state index in [0.717, 1.165) is 13.1 Å². The second kappa shape index (κ2) is 11.2. The summed E-state index contributed by atoms with van der Waals surface area (Å²) in [5, 5.41) is 14.6. The van der Waals surface area contributed by atoms with Crippen molar-refractivity contribution in [3.63, 3.8) is 0 Å². The number of nitro benzene ring substituents is 1. The molecule has 2 heterocycles. The largest absolute Gasteiger partial charge is 0.463 e. The Hall–Kier alpha value is -3.98. The molecule has 1 saturated heterocycles. The minimum absolute atomic E-state index is 0.133. The number of allylic oxidation sites excluding steroid dienone is 2. The first-order valence-electron chi connectivity index (χ1n) is 12.7. The summed E-state index contributed by atoms with van der Waals surface area (Å²) in [6, 6.07) is 16.1. The molecule has 2 aromatic carbocycles. The van der Waals surface area contributed by atoms with Gasteiger partial charge in [-0.25, -0.2) is 9.59 Å². The molecular weight excluding hydrogens is 486 g/mol. The lowest BCUT2D eigenvalue weighted by Crippen LogP contribution is -2.39. The van der Waals surface area contributed by atoms with E-state index in [9.17, 15) is 19.7 Å². The van der Waals surface area contributed by atoms with Crippen molar-refractivity contribution in [3.8, 4) is 0 Å². The smallest absolute Gasteiger partial charge is 0.337 e. The number of hydrogen-bond acceptors (Lipinski definition) is 8. The number of dihydropyridines is 1. The van der Waals surface area contributed by atoms with E-state index in [0.29, 0.717) is 29.9 Å². The molecule has 1 fully saturated rings. The lowest BCUT2D eigenvalue weighted by atomic mass is 9.80. The van der Waals surface area contributed by atoms with Gasteiger partial charge >= 0.3 is 11.9 Å². The monoisotopic (exact) mass is 519 g/mol. The summed E-state index contributed by atoms with van der Waals surface area (Å²) >= 11 is 0. The molecule has 9 heteroatoms. The Morgan fingerprint density at radius 2 is 1.76 bits per heavy atom. The fourth-order valence-corrected chi connectivity index (χ4v) is 5.26. The molecule has 0 aromatic heterocycles. The number of nitrogens with one attached hydrogen (secondary N) is 1. The topological polar surface area (TPSA) is 111 Å². The molecule has 200 valence electrons. The van der Waals surface area contributed by atoms with Gasteiger partial charge in [-0.15, -0.1) is 0 Å². The molecule has 0 bridgehead atoms. The second-order valence-corrected chi connectivity index (χ2v) is 9.99. The zero-order valence-electron chi connectivity index (χ0n) is 22.2. The molecule has 1 unspecified atom stereocenters. The van der Waals surface area contributed by atoms with Crippen molar-refractivity contribution >= 4 is 17.6 Å². The van der Waals surface area contributed by atoms with Gasteiger partial charge in [0.05, 0.1) is 28.6 Å². The molecule has 0 aliphatic carbocycles. The van der Waals surface area contributed by atoms with Crippen LogP contribution in [-0.4, -0.2) is 47.1 Å². The quantitative estimate of drug-likeness (QED) is 0.306. The highest BCUT2D eigenvalue weighted by atomic mass is 16.6. The maximum absolute atomic E-state index is 13.8. The van der Waals surface area contributed by atoms with E-state index >= 15 is 0 Å². The highest BCUT2D eigenvalue weighted by molar-refractivity contribution is 6.00. The standard InChI is InChI=1S/C29H33N3O6/c1-5-37-27(33)24-19(2)30-20(3)25(26(24)22-12-9-13-23(16-22)32(35)36)28(34)38-29(4)14-15-31(18-29)17-21-10-7-6-8-11-21/h6-13,16,26,30H,5,14-15,17-18H2,1-4H3/t26?,29-/m0/s1. The SMILES string of the molecule is CCOC(=O)C1=C(C)NC(C)=C(C(=O)O[C@@]2(C)CCN(Cc3ccccc3)C2)C1c1cccc([N+](=O)[O-])c1. The van der Waals surface area contributed by atoms with Gasteiger partial charge in [0.15, 0.2) is 0 Å². The van der Waals surface area contributed by atoms with Gasteiger partial charge in [0.1, 0.15) is 5.60 Å². The van der Waals surface area contributed by atoms with Crippen LogP contribution in [0.5, 0.6) is 0 Å². The summed E-state index contributed by atoms with van der Waals surface area (Å²) in [5.41, 5.74) is 2.28. The summed E-state index contributed by atoms with van der Waals surface area (Å²) in [7, 11) is 0. The van der Waals surface area contributed by atoms with E-state index in [-0.39, 0.29) is 23.4 Å². The Kier molecular flexibility index (Phi) is 7.97. The van der Waals surface area contributed by atoms with Crippen LogP contribution in [0.2, 0.25) is 0 Å². The third-order valence-corrected chi connectivity index (χ3v) is 6.99. The number of carbonyl (C=O) groups excluding carboxylic acids is 2. The van der Waals surface area contributed by atoms with E-state index in [1.807, 2.05) is 25.1 Å². The fourth-order valence-electron chi connectivity index (χ4n) is 5.26. The third kappa shape index (κ3) is 5.78.